The minimum Gasteiger partial charge on any atom is -0.497 e. The van der Waals surface area contributed by atoms with Gasteiger partial charge in [0, 0.05) is 12.1 Å². The van der Waals surface area contributed by atoms with E-state index in [9.17, 15) is 4.79 Å². The number of amides is 1. The van der Waals surface area contributed by atoms with E-state index < -0.39 is 0 Å². The molecule has 0 aliphatic rings. The molecule has 2 unspecified atom stereocenters. The van der Waals surface area contributed by atoms with Crippen LogP contribution in [0, 0.1) is 0 Å². The minimum atomic E-state index is 0.0106. The fourth-order valence-corrected chi connectivity index (χ4v) is 1.91. The van der Waals surface area contributed by atoms with Crippen molar-refractivity contribution in [1.82, 2.24) is 5.32 Å². The van der Waals surface area contributed by atoms with Gasteiger partial charge in [0.1, 0.15) is 5.75 Å². The molecule has 1 aromatic rings. The summed E-state index contributed by atoms with van der Waals surface area (Å²) in [6.07, 6.45) is 1.14. The summed E-state index contributed by atoms with van der Waals surface area (Å²) in [6.45, 7) is 3.90. The van der Waals surface area contributed by atoms with E-state index in [1.165, 1.54) is 0 Å². The highest BCUT2D eigenvalue weighted by Gasteiger charge is 2.10. The molecule has 1 aromatic carbocycles. The molecule has 0 aliphatic heterocycles. The van der Waals surface area contributed by atoms with Crippen molar-refractivity contribution in [2.75, 3.05) is 7.11 Å². The normalized spacial score (nSPS) is 13.8. The number of rotatable bonds is 6. The van der Waals surface area contributed by atoms with Crippen LogP contribution in [-0.2, 0) is 11.2 Å². The molecule has 100 valence electrons. The number of hydrogen-bond acceptors (Lipinski definition) is 3. The first-order chi connectivity index (χ1) is 8.51. The van der Waals surface area contributed by atoms with Crippen molar-refractivity contribution in [3.8, 4) is 5.75 Å². The van der Waals surface area contributed by atoms with Crippen LogP contribution < -0.4 is 15.8 Å². The Morgan fingerprint density at radius 1 is 1.44 bits per heavy atom. The van der Waals surface area contributed by atoms with Gasteiger partial charge in [-0.2, -0.15) is 0 Å². The number of ether oxygens (including phenoxy) is 1. The third kappa shape index (κ3) is 5.19. The SMILES string of the molecule is COc1cccc(CC(=O)NC(C)CC(C)N)c1. The summed E-state index contributed by atoms with van der Waals surface area (Å²) in [5, 5.41) is 2.94. The van der Waals surface area contributed by atoms with Crippen molar-refractivity contribution in [1.29, 1.82) is 0 Å². The van der Waals surface area contributed by atoms with Crippen molar-refractivity contribution in [2.24, 2.45) is 5.73 Å². The van der Waals surface area contributed by atoms with Gasteiger partial charge in [-0.25, -0.2) is 0 Å². The summed E-state index contributed by atoms with van der Waals surface area (Å²) in [4.78, 5) is 11.8. The molecule has 0 fully saturated rings. The average Bonchev–Trinajstić information content (AvgIpc) is 2.27. The molecule has 0 radical (unpaired) electrons. The van der Waals surface area contributed by atoms with E-state index in [4.69, 9.17) is 10.5 Å². The summed E-state index contributed by atoms with van der Waals surface area (Å²) in [5.74, 6) is 0.778. The van der Waals surface area contributed by atoms with Crippen LogP contribution in [0.15, 0.2) is 24.3 Å². The second-order valence-electron chi connectivity index (χ2n) is 4.71. The molecule has 0 aromatic heterocycles. The molecule has 2 atom stereocenters. The maximum absolute atomic E-state index is 11.8. The average molecular weight is 250 g/mol. The molecule has 3 N–H and O–H groups in total. The van der Waals surface area contributed by atoms with Gasteiger partial charge in [0.05, 0.1) is 13.5 Å². The van der Waals surface area contributed by atoms with Gasteiger partial charge < -0.3 is 15.8 Å². The third-order valence-electron chi connectivity index (χ3n) is 2.63. The summed E-state index contributed by atoms with van der Waals surface area (Å²) in [5.41, 5.74) is 6.64. The lowest BCUT2D eigenvalue weighted by molar-refractivity contribution is -0.121. The summed E-state index contributed by atoms with van der Waals surface area (Å²) < 4.78 is 5.12. The van der Waals surface area contributed by atoms with E-state index in [0.29, 0.717) is 6.42 Å². The van der Waals surface area contributed by atoms with Crippen LogP contribution in [0.4, 0.5) is 0 Å². The predicted octanol–water partition coefficient (Wildman–Crippen LogP) is 1.48. The molecule has 0 spiro atoms. The maximum atomic E-state index is 11.8. The largest absolute Gasteiger partial charge is 0.497 e. The van der Waals surface area contributed by atoms with E-state index in [2.05, 4.69) is 5.32 Å². The first-order valence-corrected chi connectivity index (χ1v) is 6.19. The van der Waals surface area contributed by atoms with Gasteiger partial charge in [-0.3, -0.25) is 4.79 Å². The number of carbonyl (C=O) groups is 1. The standard InChI is InChI=1S/C14H22N2O2/c1-10(15)7-11(2)16-14(17)9-12-5-4-6-13(8-12)18-3/h4-6,8,10-11H,7,9,15H2,1-3H3,(H,16,17). The summed E-state index contributed by atoms with van der Waals surface area (Å²) in [6, 6.07) is 7.72. The molecule has 1 rings (SSSR count). The Morgan fingerprint density at radius 3 is 2.78 bits per heavy atom. The molecule has 1 amide bonds. The van der Waals surface area contributed by atoms with Gasteiger partial charge >= 0.3 is 0 Å². The fraction of sp³-hybridized carbons (Fsp3) is 0.500. The Kier molecular flexibility index (Phi) is 5.65. The van der Waals surface area contributed by atoms with Crippen LogP contribution in [0.1, 0.15) is 25.8 Å². The van der Waals surface area contributed by atoms with Crippen molar-refractivity contribution in [3.63, 3.8) is 0 Å². The number of nitrogens with one attached hydrogen (secondary N) is 1. The quantitative estimate of drug-likeness (QED) is 0.803. The fourth-order valence-electron chi connectivity index (χ4n) is 1.91. The first kappa shape index (κ1) is 14.5. The van der Waals surface area contributed by atoms with Crippen LogP contribution in [0.2, 0.25) is 0 Å². The molecule has 4 heteroatoms. The maximum Gasteiger partial charge on any atom is 0.224 e. The zero-order valence-corrected chi connectivity index (χ0v) is 11.3. The van der Waals surface area contributed by atoms with Crippen molar-refractivity contribution in [3.05, 3.63) is 29.8 Å². The van der Waals surface area contributed by atoms with Gasteiger partial charge in [-0.15, -0.1) is 0 Å². The lowest BCUT2D eigenvalue weighted by atomic mass is 10.1. The molecule has 4 nitrogen and oxygen atoms in total. The number of hydrogen-bond donors (Lipinski definition) is 2. The molecule has 0 aliphatic carbocycles. The lowest BCUT2D eigenvalue weighted by Crippen LogP contribution is -2.37. The monoisotopic (exact) mass is 250 g/mol. The minimum absolute atomic E-state index is 0.0106. The van der Waals surface area contributed by atoms with Crippen LogP contribution >= 0.6 is 0 Å². The molecule has 0 heterocycles. The predicted molar refractivity (Wildman–Crippen MR) is 72.6 cm³/mol. The van der Waals surface area contributed by atoms with E-state index in [-0.39, 0.29) is 18.0 Å². The molecule has 0 saturated carbocycles. The highest BCUT2D eigenvalue weighted by Crippen LogP contribution is 2.12. The van der Waals surface area contributed by atoms with Gasteiger partial charge in [-0.05, 0) is 38.0 Å². The smallest absolute Gasteiger partial charge is 0.224 e. The second-order valence-corrected chi connectivity index (χ2v) is 4.71. The highest BCUT2D eigenvalue weighted by atomic mass is 16.5. The highest BCUT2D eigenvalue weighted by molar-refractivity contribution is 5.78. The van der Waals surface area contributed by atoms with E-state index in [0.717, 1.165) is 17.7 Å². The van der Waals surface area contributed by atoms with E-state index in [1.54, 1.807) is 7.11 Å². The first-order valence-electron chi connectivity index (χ1n) is 6.19. The number of nitrogens with two attached hydrogens (primary N) is 1. The Hall–Kier alpha value is -1.55. The van der Waals surface area contributed by atoms with Crippen molar-refractivity contribution in [2.45, 2.75) is 38.8 Å². The molecule has 0 saturated heterocycles. The third-order valence-corrected chi connectivity index (χ3v) is 2.63. The van der Waals surface area contributed by atoms with Gasteiger partial charge in [0.15, 0.2) is 0 Å². The number of methoxy groups -OCH3 is 1. The summed E-state index contributed by atoms with van der Waals surface area (Å²) >= 11 is 0. The van der Waals surface area contributed by atoms with E-state index in [1.807, 2.05) is 38.1 Å². The molecular weight excluding hydrogens is 228 g/mol. The molecular formula is C14H22N2O2. The summed E-state index contributed by atoms with van der Waals surface area (Å²) in [7, 11) is 1.61. The zero-order chi connectivity index (χ0) is 13.5. The zero-order valence-electron chi connectivity index (χ0n) is 11.3. The lowest BCUT2D eigenvalue weighted by Gasteiger charge is -2.16. The van der Waals surface area contributed by atoms with Crippen LogP contribution in [-0.4, -0.2) is 25.1 Å². The second kappa shape index (κ2) is 7.01. The number of benzene rings is 1. The van der Waals surface area contributed by atoms with Crippen molar-refractivity contribution >= 4 is 5.91 Å². The Balaban J connectivity index is 2.48. The van der Waals surface area contributed by atoms with Crippen molar-refractivity contribution < 1.29 is 9.53 Å². The van der Waals surface area contributed by atoms with Gasteiger partial charge in [0.2, 0.25) is 5.91 Å². The van der Waals surface area contributed by atoms with E-state index >= 15 is 0 Å². The van der Waals surface area contributed by atoms with Gasteiger partial charge in [0.25, 0.3) is 0 Å². The topological polar surface area (TPSA) is 64.3 Å². The Bertz CT molecular complexity index is 391. The van der Waals surface area contributed by atoms with Crippen LogP contribution in [0.5, 0.6) is 5.75 Å². The van der Waals surface area contributed by atoms with Crippen LogP contribution in [0.25, 0.3) is 0 Å². The number of carbonyl (C=O) groups excluding carboxylic acids is 1. The Morgan fingerprint density at radius 2 is 2.17 bits per heavy atom. The molecule has 18 heavy (non-hydrogen) atoms. The molecule has 0 bridgehead atoms. The van der Waals surface area contributed by atoms with Crippen LogP contribution in [0.3, 0.4) is 0 Å². The Labute approximate surface area is 109 Å². The van der Waals surface area contributed by atoms with Gasteiger partial charge in [-0.1, -0.05) is 12.1 Å².